The predicted octanol–water partition coefficient (Wildman–Crippen LogP) is 2.76. The van der Waals surface area contributed by atoms with E-state index in [9.17, 15) is 9.59 Å². The molecule has 0 aliphatic heterocycles. The standard InChI is InChI=1S/C21H31N5O2/c1-3-4-6-16-8-10-17(11-9-16)20(27)23-13-14-26-21(28)25(2)19(24-26)18-7-5-12-22-15-18/h5,7,12,15-17H,3-4,6,8-11,13-14H2,1-2H3,(H,23,27). The van der Waals surface area contributed by atoms with Crippen LogP contribution in [0.2, 0.25) is 0 Å². The summed E-state index contributed by atoms with van der Waals surface area (Å²) in [6.45, 7) is 3.01. The molecule has 1 amide bonds. The van der Waals surface area contributed by atoms with Crippen molar-refractivity contribution in [2.24, 2.45) is 18.9 Å². The van der Waals surface area contributed by atoms with Crippen LogP contribution in [0.1, 0.15) is 51.9 Å². The SMILES string of the molecule is CCCCC1CCC(C(=O)NCCn2nc(-c3cccnc3)n(C)c2=O)CC1. The highest BCUT2D eigenvalue weighted by molar-refractivity contribution is 5.78. The third-order valence-electron chi connectivity index (χ3n) is 5.77. The molecule has 1 aliphatic carbocycles. The minimum atomic E-state index is -0.190. The Labute approximate surface area is 166 Å². The molecule has 2 heterocycles. The lowest BCUT2D eigenvalue weighted by atomic mass is 9.79. The van der Waals surface area contributed by atoms with Crippen molar-refractivity contribution in [1.29, 1.82) is 0 Å². The van der Waals surface area contributed by atoms with Crippen molar-refractivity contribution < 1.29 is 4.79 Å². The van der Waals surface area contributed by atoms with Crippen LogP contribution in [-0.4, -0.2) is 31.8 Å². The molecule has 1 N–H and O–H groups in total. The Morgan fingerprint density at radius 2 is 2.07 bits per heavy atom. The van der Waals surface area contributed by atoms with Gasteiger partial charge in [-0.15, -0.1) is 5.10 Å². The Hall–Kier alpha value is -2.44. The fourth-order valence-electron chi connectivity index (χ4n) is 4.02. The van der Waals surface area contributed by atoms with E-state index in [-0.39, 0.29) is 17.5 Å². The van der Waals surface area contributed by atoms with Gasteiger partial charge in [0.15, 0.2) is 5.82 Å². The monoisotopic (exact) mass is 385 g/mol. The van der Waals surface area contributed by atoms with Crippen molar-refractivity contribution in [2.75, 3.05) is 6.54 Å². The molecule has 28 heavy (non-hydrogen) atoms. The van der Waals surface area contributed by atoms with Crippen LogP contribution in [-0.2, 0) is 18.4 Å². The van der Waals surface area contributed by atoms with Gasteiger partial charge in [-0.25, -0.2) is 9.48 Å². The number of unbranched alkanes of at least 4 members (excludes halogenated alkanes) is 1. The van der Waals surface area contributed by atoms with Gasteiger partial charge in [-0.05, 0) is 43.7 Å². The van der Waals surface area contributed by atoms with Crippen molar-refractivity contribution in [1.82, 2.24) is 24.6 Å². The first kappa shape index (κ1) is 20.3. The molecule has 0 bridgehead atoms. The van der Waals surface area contributed by atoms with E-state index in [0.717, 1.165) is 37.2 Å². The minimum absolute atomic E-state index is 0.115. The van der Waals surface area contributed by atoms with Gasteiger partial charge < -0.3 is 5.32 Å². The topological polar surface area (TPSA) is 81.8 Å². The van der Waals surface area contributed by atoms with Gasteiger partial charge >= 0.3 is 5.69 Å². The third-order valence-corrected chi connectivity index (χ3v) is 5.77. The zero-order valence-electron chi connectivity index (χ0n) is 16.9. The van der Waals surface area contributed by atoms with Gasteiger partial charge in [0.25, 0.3) is 0 Å². The van der Waals surface area contributed by atoms with Crippen LogP contribution in [0, 0.1) is 11.8 Å². The van der Waals surface area contributed by atoms with Crippen LogP contribution >= 0.6 is 0 Å². The number of nitrogens with zero attached hydrogens (tertiary/aromatic N) is 4. The summed E-state index contributed by atoms with van der Waals surface area (Å²) in [6.07, 6.45) is 11.5. The van der Waals surface area contributed by atoms with Crippen LogP contribution in [0.3, 0.4) is 0 Å². The molecule has 0 unspecified atom stereocenters. The van der Waals surface area contributed by atoms with Gasteiger partial charge in [-0.2, -0.15) is 0 Å². The van der Waals surface area contributed by atoms with Gasteiger partial charge in [-0.1, -0.05) is 26.2 Å². The Bertz CT molecular complexity index is 819. The van der Waals surface area contributed by atoms with E-state index in [1.807, 2.05) is 12.1 Å². The normalized spacial score (nSPS) is 19.5. The van der Waals surface area contributed by atoms with Gasteiger partial charge in [0.2, 0.25) is 5.91 Å². The van der Waals surface area contributed by atoms with Crippen molar-refractivity contribution in [3.63, 3.8) is 0 Å². The fourth-order valence-corrected chi connectivity index (χ4v) is 4.02. The summed E-state index contributed by atoms with van der Waals surface area (Å²) in [5.41, 5.74) is 0.606. The van der Waals surface area contributed by atoms with E-state index in [0.29, 0.717) is 18.9 Å². The average molecular weight is 386 g/mol. The van der Waals surface area contributed by atoms with Gasteiger partial charge in [0, 0.05) is 37.5 Å². The number of carbonyl (C=O) groups is 1. The Balaban J connectivity index is 1.49. The fraction of sp³-hybridized carbons (Fsp3) is 0.619. The largest absolute Gasteiger partial charge is 0.354 e. The summed E-state index contributed by atoms with van der Waals surface area (Å²) >= 11 is 0. The summed E-state index contributed by atoms with van der Waals surface area (Å²) in [4.78, 5) is 28.9. The first-order valence-electron chi connectivity index (χ1n) is 10.4. The lowest BCUT2D eigenvalue weighted by Crippen LogP contribution is -2.36. The number of hydrogen-bond acceptors (Lipinski definition) is 4. The molecule has 0 spiro atoms. The van der Waals surface area contributed by atoms with Crippen LogP contribution in [0.15, 0.2) is 29.3 Å². The molecule has 0 atom stereocenters. The summed E-state index contributed by atoms with van der Waals surface area (Å²) in [5.74, 6) is 1.60. The zero-order chi connectivity index (χ0) is 19.9. The van der Waals surface area contributed by atoms with Gasteiger partial charge in [0.05, 0.1) is 6.54 Å². The Kier molecular flexibility index (Phi) is 7.01. The van der Waals surface area contributed by atoms with E-state index in [2.05, 4.69) is 22.3 Å². The summed E-state index contributed by atoms with van der Waals surface area (Å²) < 4.78 is 2.92. The lowest BCUT2D eigenvalue weighted by molar-refractivity contribution is -0.126. The molecule has 2 aromatic rings. The van der Waals surface area contributed by atoms with Crippen LogP contribution in [0.4, 0.5) is 0 Å². The van der Waals surface area contributed by atoms with Crippen molar-refractivity contribution >= 4 is 5.91 Å². The maximum absolute atomic E-state index is 12.5. The molecule has 152 valence electrons. The molecular weight excluding hydrogens is 354 g/mol. The first-order chi connectivity index (χ1) is 13.6. The second kappa shape index (κ2) is 9.66. The number of nitrogens with one attached hydrogen (secondary N) is 1. The second-order valence-corrected chi connectivity index (χ2v) is 7.78. The Morgan fingerprint density at radius 1 is 1.29 bits per heavy atom. The van der Waals surface area contributed by atoms with Crippen molar-refractivity contribution in [3.8, 4) is 11.4 Å². The lowest BCUT2D eigenvalue weighted by Gasteiger charge is -2.27. The van der Waals surface area contributed by atoms with Crippen molar-refractivity contribution in [3.05, 3.63) is 35.0 Å². The summed E-state index contributed by atoms with van der Waals surface area (Å²) in [5, 5.41) is 7.40. The van der Waals surface area contributed by atoms with E-state index in [4.69, 9.17) is 0 Å². The average Bonchev–Trinajstić information content (AvgIpc) is 3.02. The number of pyridine rings is 1. The highest BCUT2D eigenvalue weighted by Crippen LogP contribution is 2.31. The molecule has 2 aromatic heterocycles. The van der Waals surface area contributed by atoms with Crippen LogP contribution < -0.4 is 11.0 Å². The highest BCUT2D eigenvalue weighted by Gasteiger charge is 2.25. The molecule has 1 fully saturated rings. The number of hydrogen-bond donors (Lipinski definition) is 1. The van der Waals surface area contributed by atoms with E-state index >= 15 is 0 Å². The minimum Gasteiger partial charge on any atom is -0.354 e. The predicted molar refractivity (Wildman–Crippen MR) is 109 cm³/mol. The molecule has 3 rings (SSSR count). The Morgan fingerprint density at radius 3 is 2.75 bits per heavy atom. The molecule has 0 aromatic carbocycles. The quantitative estimate of drug-likeness (QED) is 0.757. The maximum Gasteiger partial charge on any atom is 0.345 e. The third kappa shape index (κ3) is 4.88. The van der Waals surface area contributed by atoms with E-state index in [1.165, 1.54) is 28.5 Å². The zero-order valence-corrected chi connectivity index (χ0v) is 16.9. The molecule has 0 saturated heterocycles. The molecular formula is C21H31N5O2. The van der Waals surface area contributed by atoms with E-state index in [1.54, 1.807) is 19.4 Å². The highest BCUT2D eigenvalue weighted by atomic mass is 16.2. The van der Waals surface area contributed by atoms with Gasteiger partial charge in [-0.3, -0.25) is 14.3 Å². The maximum atomic E-state index is 12.5. The molecule has 1 aliphatic rings. The molecule has 7 nitrogen and oxygen atoms in total. The summed E-state index contributed by atoms with van der Waals surface area (Å²) in [7, 11) is 1.70. The van der Waals surface area contributed by atoms with Crippen molar-refractivity contribution in [2.45, 2.75) is 58.4 Å². The summed E-state index contributed by atoms with van der Waals surface area (Å²) in [6, 6.07) is 3.69. The van der Waals surface area contributed by atoms with Crippen LogP contribution in [0.5, 0.6) is 0 Å². The molecule has 1 saturated carbocycles. The number of carbonyl (C=O) groups excluding carboxylic acids is 1. The first-order valence-corrected chi connectivity index (χ1v) is 10.4. The van der Waals surface area contributed by atoms with Crippen LogP contribution in [0.25, 0.3) is 11.4 Å². The molecule has 7 heteroatoms. The number of amides is 1. The second-order valence-electron chi connectivity index (χ2n) is 7.78. The number of rotatable bonds is 8. The van der Waals surface area contributed by atoms with E-state index < -0.39 is 0 Å². The number of aromatic nitrogens is 4. The molecule has 0 radical (unpaired) electrons. The van der Waals surface area contributed by atoms with Gasteiger partial charge in [0.1, 0.15) is 0 Å². The smallest absolute Gasteiger partial charge is 0.345 e.